The Morgan fingerprint density at radius 3 is 2.70 bits per heavy atom. The van der Waals surface area contributed by atoms with Gasteiger partial charge in [0.2, 0.25) is 0 Å². The average molecular weight is 319 g/mol. The van der Waals surface area contributed by atoms with Crippen molar-refractivity contribution in [2.24, 2.45) is 13.0 Å². The van der Waals surface area contributed by atoms with Gasteiger partial charge in [0, 0.05) is 19.1 Å². The van der Waals surface area contributed by atoms with Crippen molar-refractivity contribution in [2.45, 2.75) is 32.4 Å². The van der Waals surface area contributed by atoms with E-state index in [4.69, 9.17) is 9.15 Å². The fourth-order valence-corrected chi connectivity index (χ4v) is 3.09. The number of esters is 1. The lowest BCUT2D eigenvalue weighted by atomic mass is 9.94. The molecule has 23 heavy (non-hydrogen) atoms. The zero-order valence-electron chi connectivity index (χ0n) is 13.5. The van der Waals surface area contributed by atoms with Crippen molar-refractivity contribution in [3.05, 3.63) is 34.3 Å². The predicted molar refractivity (Wildman–Crippen MR) is 85.0 cm³/mol. The number of hydrogen-bond donors (Lipinski definition) is 2. The summed E-state index contributed by atoms with van der Waals surface area (Å²) in [5.74, 6) is -0.566. The molecule has 2 atom stereocenters. The maximum atomic E-state index is 12.3. The third kappa shape index (κ3) is 2.89. The maximum Gasteiger partial charge on any atom is 0.419 e. The van der Waals surface area contributed by atoms with Crippen LogP contribution in [0.2, 0.25) is 0 Å². The number of nitrogens with one attached hydrogen (secondary N) is 2. The van der Waals surface area contributed by atoms with E-state index < -0.39 is 11.7 Å². The Labute approximate surface area is 133 Å². The van der Waals surface area contributed by atoms with E-state index in [1.165, 1.54) is 4.57 Å². The van der Waals surface area contributed by atoms with Gasteiger partial charge in [-0.1, -0.05) is 6.07 Å². The van der Waals surface area contributed by atoms with Crippen LogP contribution in [-0.4, -0.2) is 29.2 Å². The van der Waals surface area contributed by atoms with E-state index in [-0.39, 0.29) is 11.1 Å². The SMILES string of the molecule is CC1NNC(C)C1CCOC(=O)c1cccc2c1oc(=O)n2C. The minimum Gasteiger partial charge on any atom is -0.462 e. The normalized spacial score (nSPS) is 24.2. The molecule has 0 aliphatic carbocycles. The Balaban J connectivity index is 1.69. The van der Waals surface area contributed by atoms with Crippen LogP contribution >= 0.6 is 0 Å². The van der Waals surface area contributed by atoms with Gasteiger partial charge in [0.25, 0.3) is 0 Å². The quantitative estimate of drug-likeness (QED) is 0.823. The topological polar surface area (TPSA) is 85.5 Å². The van der Waals surface area contributed by atoms with Gasteiger partial charge in [-0.2, -0.15) is 0 Å². The van der Waals surface area contributed by atoms with Crippen LogP contribution in [0.4, 0.5) is 0 Å². The third-order valence-corrected chi connectivity index (χ3v) is 4.55. The molecule has 0 saturated carbocycles. The Bertz CT molecular complexity index is 769. The standard InChI is InChI=1S/C16H21N3O4/c1-9-11(10(2)18-17-9)7-8-22-15(20)12-5-4-6-13-14(12)23-16(21)19(13)3/h4-6,9-11,17-18H,7-8H2,1-3H3. The Morgan fingerprint density at radius 1 is 1.30 bits per heavy atom. The lowest BCUT2D eigenvalue weighted by Crippen LogP contribution is -2.30. The van der Waals surface area contributed by atoms with Crippen molar-refractivity contribution in [1.29, 1.82) is 0 Å². The molecule has 1 fully saturated rings. The van der Waals surface area contributed by atoms with Crippen molar-refractivity contribution in [3.63, 3.8) is 0 Å². The number of oxazole rings is 1. The van der Waals surface area contributed by atoms with Crippen LogP contribution in [0, 0.1) is 5.92 Å². The molecule has 2 unspecified atom stereocenters. The number of para-hydroxylation sites is 1. The van der Waals surface area contributed by atoms with E-state index in [1.807, 2.05) is 0 Å². The molecule has 2 heterocycles. The van der Waals surface area contributed by atoms with Crippen LogP contribution < -0.4 is 16.6 Å². The van der Waals surface area contributed by atoms with Gasteiger partial charge in [0.05, 0.1) is 12.1 Å². The van der Waals surface area contributed by atoms with Gasteiger partial charge in [0.1, 0.15) is 5.56 Å². The number of benzene rings is 1. The molecular formula is C16H21N3O4. The molecule has 3 rings (SSSR count). The molecule has 1 aliphatic heterocycles. The Kier molecular flexibility index (Phi) is 4.23. The fourth-order valence-electron chi connectivity index (χ4n) is 3.09. The number of rotatable bonds is 4. The summed E-state index contributed by atoms with van der Waals surface area (Å²) in [6.45, 7) is 4.53. The number of hydrazine groups is 1. The summed E-state index contributed by atoms with van der Waals surface area (Å²) < 4.78 is 11.9. The first-order valence-corrected chi connectivity index (χ1v) is 7.75. The van der Waals surface area contributed by atoms with Crippen molar-refractivity contribution in [1.82, 2.24) is 15.4 Å². The second-order valence-corrected chi connectivity index (χ2v) is 6.04. The number of fused-ring (bicyclic) bond motifs is 1. The number of aromatic nitrogens is 1. The lowest BCUT2D eigenvalue weighted by Gasteiger charge is -2.17. The molecule has 0 radical (unpaired) electrons. The first-order chi connectivity index (χ1) is 11.0. The number of ether oxygens (including phenoxy) is 1. The molecule has 1 aliphatic rings. The molecule has 1 saturated heterocycles. The number of carbonyl (C=O) groups is 1. The van der Waals surface area contributed by atoms with E-state index in [0.29, 0.717) is 30.1 Å². The summed E-state index contributed by atoms with van der Waals surface area (Å²) >= 11 is 0. The van der Waals surface area contributed by atoms with Crippen LogP contribution in [0.3, 0.4) is 0 Å². The molecule has 2 N–H and O–H groups in total. The summed E-state index contributed by atoms with van der Waals surface area (Å²) in [5.41, 5.74) is 7.49. The molecule has 124 valence electrons. The Morgan fingerprint density at radius 2 is 2.00 bits per heavy atom. The predicted octanol–water partition coefficient (Wildman–Crippen LogP) is 1.18. The third-order valence-electron chi connectivity index (χ3n) is 4.55. The molecule has 7 nitrogen and oxygen atoms in total. The van der Waals surface area contributed by atoms with Crippen molar-refractivity contribution >= 4 is 17.1 Å². The van der Waals surface area contributed by atoms with E-state index >= 15 is 0 Å². The van der Waals surface area contributed by atoms with Crippen LogP contribution in [0.15, 0.2) is 27.4 Å². The maximum absolute atomic E-state index is 12.3. The zero-order chi connectivity index (χ0) is 16.6. The van der Waals surface area contributed by atoms with Gasteiger partial charge < -0.3 is 9.15 Å². The van der Waals surface area contributed by atoms with Crippen molar-refractivity contribution in [2.75, 3.05) is 6.61 Å². The molecule has 0 spiro atoms. The van der Waals surface area contributed by atoms with Crippen LogP contribution in [-0.2, 0) is 11.8 Å². The minimum atomic E-state index is -0.494. The highest BCUT2D eigenvalue weighted by molar-refractivity contribution is 6.01. The lowest BCUT2D eigenvalue weighted by molar-refractivity contribution is 0.0479. The fraction of sp³-hybridized carbons (Fsp3) is 0.500. The summed E-state index contributed by atoms with van der Waals surface area (Å²) in [6.07, 6.45) is 0.767. The summed E-state index contributed by atoms with van der Waals surface area (Å²) in [7, 11) is 1.60. The second-order valence-electron chi connectivity index (χ2n) is 6.04. The molecule has 0 amide bonds. The zero-order valence-corrected chi connectivity index (χ0v) is 13.5. The first kappa shape index (κ1) is 15.8. The van der Waals surface area contributed by atoms with Crippen LogP contribution in [0.25, 0.3) is 11.1 Å². The Hall–Kier alpha value is -2.12. The second kappa shape index (κ2) is 6.17. The molecule has 0 bridgehead atoms. The largest absolute Gasteiger partial charge is 0.462 e. The van der Waals surface area contributed by atoms with Crippen LogP contribution in [0.1, 0.15) is 30.6 Å². The number of hydrogen-bond acceptors (Lipinski definition) is 6. The number of aryl methyl sites for hydroxylation is 1. The van der Waals surface area contributed by atoms with Crippen LogP contribution in [0.5, 0.6) is 0 Å². The van der Waals surface area contributed by atoms with E-state index in [9.17, 15) is 9.59 Å². The van der Waals surface area contributed by atoms with Crippen molar-refractivity contribution < 1.29 is 13.9 Å². The summed E-state index contributed by atoms with van der Waals surface area (Å²) in [4.78, 5) is 23.9. The first-order valence-electron chi connectivity index (χ1n) is 7.75. The highest BCUT2D eigenvalue weighted by atomic mass is 16.5. The summed E-state index contributed by atoms with van der Waals surface area (Å²) in [6, 6.07) is 5.72. The van der Waals surface area contributed by atoms with E-state index in [2.05, 4.69) is 24.7 Å². The van der Waals surface area contributed by atoms with Gasteiger partial charge in [0.15, 0.2) is 5.58 Å². The minimum absolute atomic E-state index is 0.274. The van der Waals surface area contributed by atoms with Crippen molar-refractivity contribution in [3.8, 4) is 0 Å². The van der Waals surface area contributed by atoms with Gasteiger partial charge in [-0.25, -0.2) is 9.59 Å². The smallest absolute Gasteiger partial charge is 0.419 e. The molecule has 1 aromatic heterocycles. The molecular weight excluding hydrogens is 298 g/mol. The molecule has 1 aromatic carbocycles. The monoisotopic (exact) mass is 319 g/mol. The number of carbonyl (C=O) groups excluding carboxylic acids is 1. The molecule has 2 aromatic rings. The van der Waals surface area contributed by atoms with Gasteiger partial charge in [-0.05, 0) is 38.3 Å². The molecule has 7 heteroatoms. The van der Waals surface area contributed by atoms with E-state index in [1.54, 1.807) is 25.2 Å². The summed E-state index contributed by atoms with van der Waals surface area (Å²) in [5, 5.41) is 0. The highest BCUT2D eigenvalue weighted by Gasteiger charge is 2.29. The van der Waals surface area contributed by atoms with Gasteiger partial charge in [-0.15, -0.1) is 0 Å². The van der Waals surface area contributed by atoms with E-state index in [0.717, 1.165) is 6.42 Å². The number of nitrogens with zero attached hydrogens (tertiary/aromatic N) is 1. The highest BCUT2D eigenvalue weighted by Crippen LogP contribution is 2.20. The van der Waals surface area contributed by atoms with Gasteiger partial charge >= 0.3 is 11.7 Å². The van der Waals surface area contributed by atoms with Gasteiger partial charge in [-0.3, -0.25) is 15.4 Å². The average Bonchev–Trinajstić information content (AvgIpc) is 3.00.